The van der Waals surface area contributed by atoms with Crippen LogP contribution in [0.1, 0.15) is 0 Å². The lowest BCUT2D eigenvalue weighted by Gasteiger charge is -2.09. The topological polar surface area (TPSA) is 64.3 Å². The van der Waals surface area contributed by atoms with Gasteiger partial charge in [0.2, 0.25) is 5.91 Å². The second kappa shape index (κ2) is 2.98. The van der Waals surface area contributed by atoms with Crippen LogP contribution in [0.5, 0.6) is 0 Å². The average molecular weight is 144 g/mol. The van der Waals surface area contributed by atoms with Crippen LogP contribution in [0, 0.1) is 5.92 Å². The monoisotopic (exact) mass is 144 g/mol. The van der Waals surface area contributed by atoms with Crippen molar-refractivity contribution in [1.29, 1.82) is 0 Å². The van der Waals surface area contributed by atoms with Gasteiger partial charge in [-0.05, 0) is 0 Å². The van der Waals surface area contributed by atoms with Crippen molar-refractivity contribution in [2.75, 3.05) is 20.3 Å². The first-order valence-corrected chi connectivity index (χ1v) is 3.30. The predicted octanol–water partition coefficient (Wildman–Crippen LogP) is -1.29. The van der Waals surface area contributed by atoms with E-state index in [2.05, 4.69) is 5.32 Å². The zero-order valence-corrected chi connectivity index (χ0v) is 5.96. The molecule has 0 spiro atoms. The van der Waals surface area contributed by atoms with E-state index in [1.54, 1.807) is 7.05 Å². The molecule has 0 aromatic heterocycles. The molecule has 0 aromatic rings. The highest BCUT2D eigenvalue weighted by Crippen LogP contribution is 2.10. The lowest BCUT2D eigenvalue weighted by Crippen LogP contribution is -2.39. The highest BCUT2D eigenvalue weighted by Gasteiger charge is 2.30. The van der Waals surface area contributed by atoms with Crippen molar-refractivity contribution in [2.45, 2.75) is 6.04 Å². The molecule has 1 heterocycles. The van der Waals surface area contributed by atoms with Crippen LogP contribution in [-0.2, 0) is 9.53 Å². The van der Waals surface area contributed by atoms with Crippen molar-refractivity contribution in [2.24, 2.45) is 11.7 Å². The summed E-state index contributed by atoms with van der Waals surface area (Å²) in [4.78, 5) is 11.0. The first-order chi connectivity index (χ1) is 4.75. The van der Waals surface area contributed by atoms with Gasteiger partial charge in [-0.25, -0.2) is 0 Å². The van der Waals surface area contributed by atoms with E-state index in [4.69, 9.17) is 10.5 Å². The molecule has 0 aromatic carbocycles. The Morgan fingerprint density at radius 2 is 2.40 bits per heavy atom. The van der Waals surface area contributed by atoms with Crippen LogP contribution in [0.2, 0.25) is 0 Å². The van der Waals surface area contributed by atoms with Crippen molar-refractivity contribution in [3.8, 4) is 0 Å². The Kier molecular flexibility index (Phi) is 2.24. The Balaban J connectivity index is 2.46. The number of nitrogens with two attached hydrogens (primary N) is 1. The van der Waals surface area contributed by atoms with E-state index in [9.17, 15) is 4.79 Å². The molecule has 10 heavy (non-hydrogen) atoms. The molecular formula is C6H12N2O2. The normalized spacial score (nSPS) is 32.2. The molecule has 1 aliphatic rings. The number of carbonyl (C=O) groups excluding carboxylic acids is 1. The van der Waals surface area contributed by atoms with Gasteiger partial charge in [-0.2, -0.15) is 0 Å². The van der Waals surface area contributed by atoms with E-state index >= 15 is 0 Å². The van der Waals surface area contributed by atoms with Gasteiger partial charge >= 0.3 is 0 Å². The minimum atomic E-state index is -0.148. The molecule has 58 valence electrons. The maximum atomic E-state index is 11.0. The number of hydrogen-bond donors (Lipinski definition) is 2. The fourth-order valence-electron chi connectivity index (χ4n) is 1.03. The van der Waals surface area contributed by atoms with Crippen LogP contribution in [0.3, 0.4) is 0 Å². The van der Waals surface area contributed by atoms with Crippen molar-refractivity contribution < 1.29 is 9.53 Å². The summed E-state index contributed by atoms with van der Waals surface area (Å²) >= 11 is 0. The van der Waals surface area contributed by atoms with Crippen LogP contribution < -0.4 is 11.1 Å². The van der Waals surface area contributed by atoms with Gasteiger partial charge in [-0.15, -0.1) is 0 Å². The number of amides is 1. The number of hydrogen-bond acceptors (Lipinski definition) is 3. The lowest BCUT2D eigenvalue weighted by molar-refractivity contribution is -0.124. The summed E-state index contributed by atoms with van der Waals surface area (Å²) in [5, 5.41) is 2.54. The fourth-order valence-corrected chi connectivity index (χ4v) is 1.03. The van der Waals surface area contributed by atoms with Crippen LogP contribution in [0.15, 0.2) is 0 Å². The van der Waals surface area contributed by atoms with Crippen LogP contribution >= 0.6 is 0 Å². The van der Waals surface area contributed by atoms with Crippen LogP contribution in [-0.4, -0.2) is 32.2 Å². The molecule has 1 aliphatic heterocycles. The number of rotatable bonds is 1. The van der Waals surface area contributed by atoms with Gasteiger partial charge in [0, 0.05) is 13.1 Å². The van der Waals surface area contributed by atoms with E-state index in [1.807, 2.05) is 0 Å². The maximum Gasteiger partial charge on any atom is 0.226 e. The van der Waals surface area contributed by atoms with Crippen molar-refractivity contribution >= 4 is 5.91 Å². The zero-order chi connectivity index (χ0) is 7.56. The molecule has 1 rings (SSSR count). The lowest BCUT2D eigenvalue weighted by atomic mass is 10.0. The standard InChI is InChI=1S/C6H12N2O2/c1-8-6(9)4-2-10-3-5(4)7/h4-5H,2-3,7H2,1H3,(H,8,9). The van der Waals surface area contributed by atoms with E-state index in [1.165, 1.54) is 0 Å². The fraction of sp³-hybridized carbons (Fsp3) is 0.833. The minimum absolute atomic E-state index is 0.0231. The van der Waals surface area contributed by atoms with Crippen molar-refractivity contribution in [3.63, 3.8) is 0 Å². The third kappa shape index (κ3) is 1.27. The van der Waals surface area contributed by atoms with Crippen molar-refractivity contribution in [3.05, 3.63) is 0 Å². The molecule has 4 nitrogen and oxygen atoms in total. The van der Waals surface area contributed by atoms with Gasteiger partial charge in [0.25, 0.3) is 0 Å². The van der Waals surface area contributed by atoms with E-state index in [0.717, 1.165) is 0 Å². The first-order valence-electron chi connectivity index (χ1n) is 3.30. The molecule has 0 bridgehead atoms. The van der Waals surface area contributed by atoms with Crippen molar-refractivity contribution in [1.82, 2.24) is 5.32 Å². The summed E-state index contributed by atoms with van der Waals surface area (Å²) in [6.45, 7) is 0.957. The Morgan fingerprint density at radius 3 is 2.80 bits per heavy atom. The average Bonchev–Trinajstić information content (AvgIpc) is 2.34. The molecule has 1 saturated heterocycles. The highest BCUT2D eigenvalue weighted by atomic mass is 16.5. The maximum absolute atomic E-state index is 11.0. The van der Waals surface area contributed by atoms with Gasteiger partial charge < -0.3 is 15.8 Å². The third-order valence-electron chi connectivity index (χ3n) is 1.71. The van der Waals surface area contributed by atoms with Crippen LogP contribution in [0.25, 0.3) is 0 Å². The number of carbonyl (C=O) groups is 1. The molecule has 4 heteroatoms. The van der Waals surface area contributed by atoms with E-state index in [0.29, 0.717) is 13.2 Å². The predicted molar refractivity (Wildman–Crippen MR) is 36.4 cm³/mol. The zero-order valence-electron chi connectivity index (χ0n) is 5.96. The first kappa shape index (κ1) is 7.50. The largest absolute Gasteiger partial charge is 0.379 e. The Hall–Kier alpha value is -0.610. The smallest absolute Gasteiger partial charge is 0.226 e. The third-order valence-corrected chi connectivity index (χ3v) is 1.71. The minimum Gasteiger partial charge on any atom is -0.379 e. The second-order valence-corrected chi connectivity index (χ2v) is 2.42. The molecule has 0 aliphatic carbocycles. The van der Waals surface area contributed by atoms with Gasteiger partial charge in [-0.1, -0.05) is 0 Å². The summed E-state index contributed by atoms with van der Waals surface area (Å²) in [6, 6.07) is -0.125. The van der Waals surface area contributed by atoms with E-state index in [-0.39, 0.29) is 17.9 Å². The molecule has 3 N–H and O–H groups in total. The summed E-state index contributed by atoms with van der Waals surface area (Å²) in [5.41, 5.74) is 5.57. The number of nitrogens with one attached hydrogen (secondary N) is 1. The molecular weight excluding hydrogens is 132 g/mol. The quantitative estimate of drug-likeness (QED) is 0.481. The second-order valence-electron chi connectivity index (χ2n) is 2.42. The van der Waals surface area contributed by atoms with Crippen LogP contribution in [0.4, 0.5) is 0 Å². The van der Waals surface area contributed by atoms with Gasteiger partial charge in [-0.3, -0.25) is 4.79 Å². The Labute approximate surface area is 59.7 Å². The molecule has 0 radical (unpaired) electrons. The van der Waals surface area contributed by atoms with Gasteiger partial charge in [0.15, 0.2) is 0 Å². The summed E-state index contributed by atoms with van der Waals surface area (Å²) < 4.78 is 5.01. The molecule has 2 unspecified atom stereocenters. The molecule has 0 saturated carbocycles. The molecule has 2 atom stereocenters. The summed E-state index contributed by atoms with van der Waals surface area (Å²) in [6.07, 6.45) is 0. The summed E-state index contributed by atoms with van der Waals surface area (Å²) in [7, 11) is 1.60. The Bertz CT molecular complexity index is 138. The van der Waals surface area contributed by atoms with Gasteiger partial charge in [0.1, 0.15) is 0 Å². The van der Waals surface area contributed by atoms with E-state index < -0.39 is 0 Å². The van der Waals surface area contributed by atoms with Gasteiger partial charge in [0.05, 0.1) is 19.1 Å². The molecule has 1 fully saturated rings. The molecule has 1 amide bonds. The highest BCUT2D eigenvalue weighted by molar-refractivity contribution is 5.79. The number of ether oxygens (including phenoxy) is 1. The summed E-state index contributed by atoms with van der Waals surface area (Å²) in [5.74, 6) is -0.171. The Morgan fingerprint density at radius 1 is 1.70 bits per heavy atom. The SMILES string of the molecule is CNC(=O)C1COCC1N.